The molecule has 5 aromatic rings. The predicted octanol–water partition coefficient (Wildman–Crippen LogP) is -1.62. The number of cyclic esters (lactones) is 1. The Labute approximate surface area is 291 Å². The minimum atomic E-state index is -1.07. The number of carbonyl (C=O) groups excluding carboxylic acids is 1. The van der Waals surface area contributed by atoms with E-state index in [1.165, 1.54) is 0 Å². The van der Waals surface area contributed by atoms with Gasteiger partial charge in [-0.2, -0.15) is 12.4 Å². The fourth-order valence-electron chi connectivity index (χ4n) is 4.36. The summed E-state index contributed by atoms with van der Waals surface area (Å²) in [5, 5.41) is 1.94. The molecule has 134 valence electrons. The van der Waals surface area contributed by atoms with E-state index in [2.05, 4.69) is 9.97 Å². The zero-order valence-electron chi connectivity index (χ0n) is 16.8. The first-order chi connectivity index (χ1) is 13.8. The van der Waals surface area contributed by atoms with Crippen LogP contribution < -0.4 is 148 Å². The molecule has 0 atom stereocenters. The molecule has 0 unspecified atom stereocenters. The van der Waals surface area contributed by atoms with Crippen molar-refractivity contribution in [2.24, 2.45) is 0 Å². The van der Waals surface area contributed by atoms with E-state index in [1.807, 2.05) is 85.2 Å². The third-order valence-electron chi connectivity index (χ3n) is 5.58. The summed E-state index contributed by atoms with van der Waals surface area (Å²) in [4.78, 5) is 22.0. The van der Waals surface area contributed by atoms with Crippen LogP contribution in [0, 0.1) is 0 Å². The van der Waals surface area contributed by atoms with Gasteiger partial charge in [0.25, 0.3) is 0 Å². The maximum Gasteiger partial charge on any atom is 1.00 e. The van der Waals surface area contributed by atoms with E-state index >= 15 is 0 Å². The molecule has 30 heavy (non-hydrogen) atoms. The number of hydrogen-bond acceptors (Lipinski definition) is 2. The van der Waals surface area contributed by atoms with Crippen molar-refractivity contribution in [2.45, 2.75) is 5.60 Å². The number of ether oxygens (including phenoxy) is 1. The molecular formula is C24H14Cs2N2O2. The molecule has 0 spiro atoms. The van der Waals surface area contributed by atoms with Crippen LogP contribution in [0.5, 0.6) is 0 Å². The molecule has 1 aliphatic heterocycles. The van der Waals surface area contributed by atoms with Crippen LogP contribution in [0.1, 0.15) is 27.0 Å². The second kappa shape index (κ2) is 9.28. The summed E-state index contributed by atoms with van der Waals surface area (Å²) in [6, 6.07) is 23.4. The van der Waals surface area contributed by atoms with Crippen molar-refractivity contribution in [1.29, 1.82) is 0 Å². The van der Waals surface area contributed by atoms with Crippen LogP contribution in [-0.4, -0.2) is 5.97 Å². The summed E-state index contributed by atoms with van der Waals surface area (Å²) in [6.07, 6.45) is 3.64. The van der Waals surface area contributed by atoms with E-state index < -0.39 is 5.60 Å². The molecule has 0 fully saturated rings. The zero-order chi connectivity index (χ0) is 18.7. The molecule has 6 heteroatoms. The molecule has 0 aliphatic carbocycles. The Morgan fingerprint density at radius 3 is 1.73 bits per heavy atom. The zero-order valence-corrected chi connectivity index (χ0v) is 29.4. The van der Waals surface area contributed by atoms with Gasteiger partial charge in [0.05, 0.1) is 5.56 Å². The van der Waals surface area contributed by atoms with E-state index in [9.17, 15) is 4.79 Å². The van der Waals surface area contributed by atoms with Gasteiger partial charge in [-0.15, -0.1) is 11.0 Å². The number of benzene rings is 3. The smallest absolute Gasteiger partial charge is 0.663 e. The van der Waals surface area contributed by atoms with Crippen molar-refractivity contribution in [3.05, 3.63) is 107 Å². The van der Waals surface area contributed by atoms with Crippen molar-refractivity contribution < 1.29 is 147 Å². The largest absolute Gasteiger partial charge is 1.00 e. The summed E-state index contributed by atoms with van der Waals surface area (Å²) in [5.74, 6) is -0.328. The maximum absolute atomic E-state index is 12.9. The van der Waals surface area contributed by atoms with Crippen LogP contribution in [-0.2, 0) is 10.3 Å². The SMILES string of the molecule is O=C1OC(c2c[n-]c3ccccc23)(c2c[n-]c3ccccc23)c2ccccc21.[Cs+].[Cs+]. The molecule has 6 rings (SSSR count). The fourth-order valence-corrected chi connectivity index (χ4v) is 4.36. The minimum absolute atomic E-state index is 0. The maximum atomic E-state index is 12.9. The van der Waals surface area contributed by atoms with Gasteiger partial charge in [-0.1, -0.05) is 66.7 Å². The summed E-state index contributed by atoms with van der Waals surface area (Å²) in [5.41, 5.74) is 3.82. The predicted molar refractivity (Wildman–Crippen MR) is 106 cm³/mol. The average molecular weight is 628 g/mol. The molecule has 3 aromatic carbocycles. The quantitative estimate of drug-likeness (QED) is 0.221. The summed E-state index contributed by atoms with van der Waals surface area (Å²) in [7, 11) is 0. The van der Waals surface area contributed by atoms with Gasteiger partial charge in [-0.05, 0) is 28.0 Å². The molecule has 0 amide bonds. The van der Waals surface area contributed by atoms with Crippen LogP contribution in [0.4, 0.5) is 0 Å². The van der Waals surface area contributed by atoms with Gasteiger partial charge in [0, 0.05) is 5.56 Å². The van der Waals surface area contributed by atoms with Crippen molar-refractivity contribution in [1.82, 2.24) is 9.97 Å². The van der Waals surface area contributed by atoms with Gasteiger partial charge >= 0.3 is 144 Å². The van der Waals surface area contributed by atoms with E-state index in [0.29, 0.717) is 5.56 Å². The Bertz CT molecular complexity index is 1310. The molecule has 0 saturated heterocycles. The van der Waals surface area contributed by atoms with Crippen molar-refractivity contribution >= 4 is 27.8 Å². The van der Waals surface area contributed by atoms with Crippen molar-refractivity contribution in [3.8, 4) is 0 Å². The normalized spacial score (nSPS) is 14.1. The molecule has 0 radical (unpaired) electrons. The Balaban J connectivity index is 0.00000109. The number of para-hydroxylation sites is 2. The number of fused-ring (bicyclic) bond motifs is 3. The Morgan fingerprint density at radius 1 is 0.633 bits per heavy atom. The van der Waals surface area contributed by atoms with E-state index in [0.717, 1.165) is 38.5 Å². The molecule has 0 saturated carbocycles. The summed E-state index contributed by atoms with van der Waals surface area (Å²) < 4.78 is 6.21. The summed E-state index contributed by atoms with van der Waals surface area (Å²) in [6.45, 7) is 0. The Kier molecular flexibility index (Phi) is 7.26. The number of carbonyl (C=O) groups is 1. The van der Waals surface area contributed by atoms with Crippen LogP contribution in [0.15, 0.2) is 85.2 Å². The summed E-state index contributed by atoms with van der Waals surface area (Å²) >= 11 is 0. The average Bonchev–Trinajstić information content (AvgIpc) is 3.43. The second-order valence-electron chi connectivity index (χ2n) is 6.99. The van der Waals surface area contributed by atoms with Gasteiger partial charge in [-0.25, -0.2) is 4.79 Å². The molecule has 4 nitrogen and oxygen atoms in total. The molecule has 2 aromatic heterocycles. The fraction of sp³-hybridized carbons (Fsp3) is 0.0417. The molecular weight excluding hydrogens is 614 g/mol. The van der Waals surface area contributed by atoms with Crippen LogP contribution >= 0.6 is 0 Å². The van der Waals surface area contributed by atoms with Gasteiger partial charge < -0.3 is 14.7 Å². The van der Waals surface area contributed by atoms with Crippen LogP contribution in [0.25, 0.3) is 21.8 Å². The molecule has 0 bridgehead atoms. The first-order valence-electron chi connectivity index (χ1n) is 9.14. The number of esters is 1. The Morgan fingerprint density at radius 2 is 1.13 bits per heavy atom. The molecule has 0 N–H and O–H groups in total. The van der Waals surface area contributed by atoms with Gasteiger partial charge in [0.1, 0.15) is 0 Å². The van der Waals surface area contributed by atoms with E-state index in [4.69, 9.17) is 4.74 Å². The third kappa shape index (κ3) is 3.44. The van der Waals surface area contributed by atoms with Gasteiger partial charge in [-0.3, -0.25) is 0 Å². The van der Waals surface area contributed by atoms with Crippen molar-refractivity contribution in [3.63, 3.8) is 0 Å². The Hall–Kier alpha value is 0.314. The third-order valence-corrected chi connectivity index (χ3v) is 5.58. The van der Waals surface area contributed by atoms with Gasteiger partial charge in [0.2, 0.25) is 0 Å². The van der Waals surface area contributed by atoms with E-state index in [1.54, 1.807) is 0 Å². The number of nitrogens with zero attached hydrogens (tertiary/aromatic N) is 2. The van der Waals surface area contributed by atoms with Crippen LogP contribution in [0.2, 0.25) is 0 Å². The number of hydrogen-bond donors (Lipinski definition) is 0. The van der Waals surface area contributed by atoms with E-state index in [-0.39, 0.29) is 144 Å². The number of aromatic nitrogens is 2. The monoisotopic (exact) mass is 628 g/mol. The minimum Gasteiger partial charge on any atom is -0.663 e. The second-order valence-corrected chi connectivity index (χ2v) is 6.99. The first kappa shape index (κ1) is 23.5. The molecule has 3 heterocycles. The molecule has 1 aliphatic rings. The first-order valence-corrected chi connectivity index (χ1v) is 9.14. The van der Waals surface area contributed by atoms with Crippen molar-refractivity contribution in [2.75, 3.05) is 0 Å². The van der Waals surface area contributed by atoms with Gasteiger partial charge in [0.15, 0.2) is 5.60 Å². The standard InChI is InChI=1S/C24H14N2O2.2Cs/c27-23-17-9-1-4-10-18(17)24(28-23,19-13-25-21-11-5-2-7-15(19)21)20-14-26-22-12-6-3-8-16(20)22;;/h1-14H;;/q-2;2*+1. The topological polar surface area (TPSA) is 54.5 Å². The number of rotatable bonds is 2. The van der Waals surface area contributed by atoms with Crippen LogP contribution in [0.3, 0.4) is 0 Å².